The Kier molecular flexibility index (Phi) is 6.74. The van der Waals surface area contributed by atoms with Crippen molar-refractivity contribution < 1.29 is 4.74 Å². The summed E-state index contributed by atoms with van der Waals surface area (Å²) >= 11 is 0. The maximum atomic E-state index is 5.94. The molecule has 32 heavy (non-hydrogen) atoms. The largest absolute Gasteiger partial charge is 0.381 e. The minimum atomic E-state index is -1.68. The SMILES string of the molecule is CO[C@H]1CC[C@H]2[C@@H]3CCc4cc(C#C[Si](C(C)C)(C(C)C)C(C)C)ccc4[C@H]3CC[C@]12C. The third kappa shape index (κ3) is 3.72. The van der Waals surface area contributed by atoms with E-state index in [9.17, 15) is 0 Å². The van der Waals surface area contributed by atoms with Crippen LogP contribution in [0, 0.1) is 28.7 Å². The standard InChI is InChI=1S/C30H46OSi/c1-20(2)32(21(3)4,22(5)6)18-16-23-9-11-25-24(19-23)10-12-27-26(25)15-17-30(7)28(27)13-14-29(30)31-8/h9,11,19-22,26-29H,10,12-15,17H2,1-8H3/t26-,27-,28+,29+,30+/m1/s1. The molecule has 2 saturated carbocycles. The molecule has 3 aliphatic rings. The van der Waals surface area contributed by atoms with E-state index in [1.54, 1.807) is 11.1 Å². The van der Waals surface area contributed by atoms with E-state index in [2.05, 4.69) is 78.1 Å². The van der Waals surface area contributed by atoms with E-state index in [-0.39, 0.29) is 0 Å². The highest BCUT2D eigenvalue weighted by molar-refractivity contribution is 6.90. The zero-order valence-electron chi connectivity index (χ0n) is 21.9. The monoisotopic (exact) mass is 450 g/mol. The third-order valence-electron chi connectivity index (χ3n) is 10.2. The van der Waals surface area contributed by atoms with E-state index in [0.717, 1.165) is 17.8 Å². The summed E-state index contributed by atoms with van der Waals surface area (Å²) in [5, 5.41) is 0. The van der Waals surface area contributed by atoms with Gasteiger partial charge in [-0.1, -0.05) is 60.5 Å². The molecule has 0 unspecified atom stereocenters. The molecule has 0 bridgehead atoms. The van der Waals surface area contributed by atoms with Crippen LogP contribution in [0.15, 0.2) is 18.2 Å². The number of benzene rings is 1. The first-order chi connectivity index (χ1) is 15.1. The zero-order chi connectivity index (χ0) is 23.3. The van der Waals surface area contributed by atoms with Gasteiger partial charge in [-0.05, 0) is 102 Å². The summed E-state index contributed by atoms with van der Waals surface area (Å²) < 4.78 is 5.94. The van der Waals surface area contributed by atoms with Gasteiger partial charge in [0.2, 0.25) is 0 Å². The van der Waals surface area contributed by atoms with Gasteiger partial charge in [-0.2, -0.15) is 0 Å². The molecule has 1 nitrogen and oxygen atoms in total. The summed E-state index contributed by atoms with van der Waals surface area (Å²) in [6.07, 6.45) is 8.34. The van der Waals surface area contributed by atoms with Gasteiger partial charge in [-0.25, -0.2) is 0 Å². The van der Waals surface area contributed by atoms with Crippen molar-refractivity contribution in [1.82, 2.24) is 0 Å². The molecule has 2 fully saturated rings. The fourth-order valence-electron chi connectivity index (χ4n) is 8.61. The topological polar surface area (TPSA) is 9.23 Å². The average Bonchev–Trinajstić information content (AvgIpc) is 3.09. The molecule has 3 aliphatic carbocycles. The van der Waals surface area contributed by atoms with Crippen LogP contribution >= 0.6 is 0 Å². The molecule has 0 saturated heterocycles. The lowest BCUT2D eigenvalue weighted by atomic mass is 9.55. The number of aryl methyl sites for hydroxylation is 1. The fraction of sp³-hybridized carbons (Fsp3) is 0.733. The molecule has 5 atom stereocenters. The minimum absolute atomic E-state index is 0.400. The molecule has 2 heteroatoms. The van der Waals surface area contributed by atoms with Crippen molar-refractivity contribution in [3.8, 4) is 11.5 Å². The van der Waals surface area contributed by atoms with E-state index in [4.69, 9.17) is 4.74 Å². The third-order valence-corrected chi connectivity index (χ3v) is 16.5. The van der Waals surface area contributed by atoms with Crippen molar-refractivity contribution in [3.05, 3.63) is 34.9 Å². The first kappa shape index (κ1) is 24.1. The quantitative estimate of drug-likeness (QED) is 0.332. The normalized spacial score (nSPS) is 31.8. The highest BCUT2D eigenvalue weighted by Crippen LogP contribution is 2.61. The average molecular weight is 451 g/mol. The van der Waals surface area contributed by atoms with Gasteiger partial charge in [0.25, 0.3) is 0 Å². The van der Waals surface area contributed by atoms with Crippen LogP contribution in [0.3, 0.4) is 0 Å². The van der Waals surface area contributed by atoms with Crippen LogP contribution in [-0.4, -0.2) is 21.3 Å². The van der Waals surface area contributed by atoms with Crippen LogP contribution in [0.25, 0.3) is 0 Å². The molecule has 0 spiro atoms. The van der Waals surface area contributed by atoms with Crippen LogP contribution in [0.5, 0.6) is 0 Å². The number of fused-ring (bicyclic) bond motifs is 5. The summed E-state index contributed by atoms with van der Waals surface area (Å²) in [5.74, 6) is 6.15. The van der Waals surface area contributed by atoms with Gasteiger partial charge in [-0.3, -0.25) is 0 Å². The van der Waals surface area contributed by atoms with Gasteiger partial charge in [0, 0.05) is 12.7 Å². The van der Waals surface area contributed by atoms with Crippen LogP contribution in [0.2, 0.25) is 16.6 Å². The van der Waals surface area contributed by atoms with Crippen LogP contribution < -0.4 is 0 Å². The smallest absolute Gasteiger partial charge is 0.146 e. The Morgan fingerprint density at radius 3 is 2.28 bits per heavy atom. The molecule has 0 aromatic heterocycles. The number of rotatable bonds is 4. The van der Waals surface area contributed by atoms with Gasteiger partial charge in [-0.15, -0.1) is 5.54 Å². The Balaban J connectivity index is 1.61. The second-order valence-corrected chi connectivity index (χ2v) is 17.9. The number of hydrogen-bond acceptors (Lipinski definition) is 1. The van der Waals surface area contributed by atoms with Crippen molar-refractivity contribution in [1.29, 1.82) is 0 Å². The molecule has 0 amide bonds. The van der Waals surface area contributed by atoms with E-state index in [1.807, 2.05) is 7.11 Å². The summed E-state index contributed by atoms with van der Waals surface area (Å²) in [7, 11) is 0.249. The summed E-state index contributed by atoms with van der Waals surface area (Å²) in [4.78, 5) is 0. The van der Waals surface area contributed by atoms with Crippen LogP contribution in [0.1, 0.15) is 103 Å². The zero-order valence-corrected chi connectivity index (χ0v) is 22.9. The molecule has 0 aliphatic heterocycles. The molecule has 176 valence electrons. The predicted molar refractivity (Wildman–Crippen MR) is 140 cm³/mol. The second-order valence-electron chi connectivity index (χ2n) is 12.3. The summed E-state index contributed by atoms with van der Waals surface area (Å²) in [5.41, 5.74) is 10.9. The number of methoxy groups -OCH3 is 1. The number of hydrogen-bond donors (Lipinski definition) is 0. The Morgan fingerprint density at radius 2 is 1.66 bits per heavy atom. The van der Waals surface area contributed by atoms with Crippen molar-refractivity contribution >= 4 is 8.07 Å². The fourth-order valence-corrected chi connectivity index (χ4v) is 13.8. The second kappa shape index (κ2) is 8.96. The maximum Gasteiger partial charge on any atom is 0.146 e. The summed E-state index contributed by atoms with van der Waals surface area (Å²) in [6.45, 7) is 17.0. The van der Waals surface area contributed by atoms with Gasteiger partial charge < -0.3 is 4.74 Å². The predicted octanol–water partition coefficient (Wildman–Crippen LogP) is 8.13. The molecule has 0 N–H and O–H groups in total. The molecule has 1 aromatic rings. The van der Waals surface area contributed by atoms with Crippen LogP contribution in [0.4, 0.5) is 0 Å². The first-order valence-electron chi connectivity index (χ1n) is 13.3. The minimum Gasteiger partial charge on any atom is -0.381 e. The molecule has 0 radical (unpaired) electrons. The van der Waals surface area contributed by atoms with Crippen molar-refractivity contribution in [2.45, 2.75) is 116 Å². The van der Waals surface area contributed by atoms with Gasteiger partial charge in [0.05, 0.1) is 6.10 Å². The van der Waals surface area contributed by atoms with Crippen molar-refractivity contribution in [2.75, 3.05) is 7.11 Å². The van der Waals surface area contributed by atoms with Crippen molar-refractivity contribution in [3.63, 3.8) is 0 Å². The lowest BCUT2D eigenvalue weighted by molar-refractivity contribution is -0.0444. The van der Waals surface area contributed by atoms with Crippen LogP contribution in [-0.2, 0) is 11.2 Å². The summed E-state index contributed by atoms with van der Waals surface area (Å²) in [6, 6.07) is 7.26. The van der Waals surface area contributed by atoms with Gasteiger partial charge in [0.15, 0.2) is 0 Å². The Hall–Kier alpha value is -1.04. The van der Waals surface area contributed by atoms with Gasteiger partial charge >= 0.3 is 0 Å². The molecular formula is C30H46OSi. The molecule has 0 heterocycles. The lowest BCUT2D eigenvalue weighted by Crippen LogP contribution is -2.44. The highest BCUT2D eigenvalue weighted by atomic mass is 28.3. The first-order valence-corrected chi connectivity index (χ1v) is 15.6. The molecule has 1 aromatic carbocycles. The Bertz CT molecular complexity index is 866. The van der Waals surface area contributed by atoms with Gasteiger partial charge in [0.1, 0.15) is 8.07 Å². The highest BCUT2D eigenvalue weighted by Gasteiger charge is 2.55. The van der Waals surface area contributed by atoms with E-state index < -0.39 is 8.07 Å². The molecular weight excluding hydrogens is 404 g/mol. The van der Waals surface area contributed by atoms with E-state index in [0.29, 0.717) is 28.1 Å². The Labute approximate surface area is 199 Å². The van der Waals surface area contributed by atoms with E-state index in [1.165, 1.54) is 44.1 Å². The van der Waals surface area contributed by atoms with E-state index >= 15 is 0 Å². The molecule has 4 rings (SSSR count). The maximum absolute atomic E-state index is 5.94. The Morgan fingerprint density at radius 1 is 0.969 bits per heavy atom. The lowest BCUT2D eigenvalue weighted by Gasteiger charge is -2.50. The van der Waals surface area contributed by atoms with Crippen molar-refractivity contribution in [2.24, 2.45) is 17.3 Å². The number of ether oxygens (including phenoxy) is 1.